The van der Waals surface area contributed by atoms with E-state index in [1.165, 1.54) is 6.08 Å². The highest BCUT2D eigenvalue weighted by molar-refractivity contribution is 7.57. The predicted octanol–water partition coefficient (Wildman–Crippen LogP) is 3.06. The number of carbonyl (C=O) groups excluding carboxylic acids is 3. The van der Waals surface area contributed by atoms with Crippen molar-refractivity contribution < 1.29 is 42.7 Å². The summed E-state index contributed by atoms with van der Waals surface area (Å²) in [5.74, 6) is -0.824. The number of carbonyl (C=O) groups is 3. The molecule has 0 aliphatic rings. The van der Waals surface area contributed by atoms with Gasteiger partial charge in [-0.1, -0.05) is 6.08 Å². The van der Waals surface area contributed by atoms with Crippen molar-refractivity contribution in [3.63, 3.8) is 0 Å². The van der Waals surface area contributed by atoms with Gasteiger partial charge in [0, 0.05) is 12.7 Å². The number of esters is 2. The lowest BCUT2D eigenvalue weighted by molar-refractivity contribution is -0.162. The van der Waals surface area contributed by atoms with Gasteiger partial charge >= 0.3 is 19.5 Å². The molecule has 0 aromatic rings. The molecule has 0 fully saturated rings. The van der Waals surface area contributed by atoms with E-state index >= 15 is 0 Å². The quantitative estimate of drug-likeness (QED) is 0.195. The van der Waals surface area contributed by atoms with E-state index in [1.807, 2.05) is 0 Å². The van der Waals surface area contributed by atoms with Gasteiger partial charge < -0.3 is 9.47 Å². The summed E-state index contributed by atoms with van der Waals surface area (Å²) in [6.07, 6.45) is 1.17. The van der Waals surface area contributed by atoms with Crippen LogP contribution in [0.2, 0.25) is 0 Å². The summed E-state index contributed by atoms with van der Waals surface area (Å²) >= 11 is 0. The van der Waals surface area contributed by atoms with Crippen molar-refractivity contribution in [3.05, 3.63) is 11.9 Å². The lowest BCUT2D eigenvalue weighted by Gasteiger charge is -2.20. The zero-order chi connectivity index (χ0) is 22.2. The highest BCUT2D eigenvalue weighted by Crippen LogP contribution is 2.49. The van der Waals surface area contributed by atoms with Gasteiger partial charge in [-0.25, -0.2) is 5.06 Å². The number of hydrogen-bond acceptors (Lipinski definition) is 9. The molecule has 0 aromatic carbocycles. The fourth-order valence-electron chi connectivity index (χ4n) is 1.27. The molecule has 11 heteroatoms. The monoisotopic (exact) mass is 423 g/mol. The Bertz CT molecular complexity index is 596. The second-order valence-electron chi connectivity index (χ2n) is 7.88. The SMILES string of the molecule is CC(=O)N(O)C/C=C/P(=O)(OCOC(=O)C(C)(C)C)OCOC(=O)C(C)(C)C. The van der Waals surface area contributed by atoms with Crippen LogP contribution in [0.15, 0.2) is 11.9 Å². The minimum absolute atomic E-state index is 0.282. The molecule has 0 spiro atoms. The zero-order valence-electron chi connectivity index (χ0n) is 17.4. The number of rotatable bonds is 9. The Hall–Kier alpha value is -1.74. The lowest BCUT2D eigenvalue weighted by atomic mass is 9.98. The normalized spacial score (nSPS) is 12.7. The van der Waals surface area contributed by atoms with Gasteiger partial charge in [-0.3, -0.25) is 33.2 Å². The van der Waals surface area contributed by atoms with Crippen molar-refractivity contribution >= 4 is 25.4 Å². The molecule has 0 aliphatic carbocycles. The van der Waals surface area contributed by atoms with Crippen molar-refractivity contribution in [3.8, 4) is 0 Å². The van der Waals surface area contributed by atoms with E-state index in [0.29, 0.717) is 5.06 Å². The van der Waals surface area contributed by atoms with Crippen LogP contribution in [0.5, 0.6) is 0 Å². The Morgan fingerprint density at radius 3 is 1.64 bits per heavy atom. The van der Waals surface area contributed by atoms with Gasteiger partial charge in [0.15, 0.2) is 0 Å². The van der Waals surface area contributed by atoms with Crippen LogP contribution in [0.25, 0.3) is 0 Å². The van der Waals surface area contributed by atoms with Crippen LogP contribution >= 0.6 is 7.60 Å². The molecule has 28 heavy (non-hydrogen) atoms. The van der Waals surface area contributed by atoms with Gasteiger partial charge in [-0.15, -0.1) is 0 Å². The van der Waals surface area contributed by atoms with Crippen molar-refractivity contribution in [2.24, 2.45) is 10.8 Å². The van der Waals surface area contributed by atoms with E-state index < -0.39 is 49.9 Å². The van der Waals surface area contributed by atoms with Gasteiger partial charge in [0.1, 0.15) is 0 Å². The van der Waals surface area contributed by atoms with Crippen LogP contribution in [-0.2, 0) is 37.5 Å². The molecule has 1 amide bonds. The molecule has 0 rings (SSSR count). The van der Waals surface area contributed by atoms with Crippen molar-refractivity contribution in [2.75, 3.05) is 20.1 Å². The minimum atomic E-state index is -4.01. The van der Waals surface area contributed by atoms with Gasteiger partial charge in [-0.2, -0.15) is 0 Å². The number of amides is 1. The zero-order valence-corrected chi connectivity index (χ0v) is 18.3. The van der Waals surface area contributed by atoms with Gasteiger partial charge in [0.05, 0.1) is 17.4 Å². The average Bonchev–Trinajstić information content (AvgIpc) is 2.52. The van der Waals surface area contributed by atoms with Gasteiger partial charge in [0.2, 0.25) is 19.5 Å². The molecule has 0 saturated carbocycles. The second kappa shape index (κ2) is 10.7. The van der Waals surface area contributed by atoms with Gasteiger partial charge in [0.25, 0.3) is 0 Å². The standard InChI is InChI=1S/C17H30NO9P/c1-13(19)18(22)9-8-10-28(23,26-11-24-14(20)16(2,3)4)27-12-25-15(21)17(5,6)7/h8,10,22H,9,11-12H2,1-7H3/b10-8+. The molecule has 0 unspecified atom stereocenters. The summed E-state index contributed by atoms with van der Waals surface area (Å²) in [5.41, 5.74) is -1.57. The Balaban J connectivity index is 4.97. The Labute approximate surface area is 165 Å². The molecule has 0 bridgehead atoms. The largest absolute Gasteiger partial charge is 0.438 e. The molecule has 0 aromatic heterocycles. The maximum Gasteiger partial charge on any atom is 0.359 e. The first-order valence-electron chi connectivity index (χ1n) is 8.46. The summed E-state index contributed by atoms with van der Waals surface area (Å²) < 4.78 is 32.6. The Kier molecular flexibility index (Phi) is 10.0. The first-order chi connectivity index (χ1) is 12.6. The summed E-state index contributed by atoms with van der Waals surface area (Å²) in [7, 11) is -4.01. The maximum absolute atomic E-state index is 12.7. The first kappa shape index (κ1) is 26.3. The highest BCUT2D eigenvalue weighted by Gasteiger charge is 2.28. The fraction of sp³-hybridized carbons (Fsp3) is 0.706. The molecule has 162 valence electrons. The number of nitrogens with zero attached hydrogens (tertiary/aromatic N) is 1. The summed E-state index contributed by atoms with van der Waals surface area (Å²) in [4.78, 5) is 34.5. The summed E-state index contributed by atoms with van der Waals surface area (Å²) in [5, 5.41) is 9.70. The van der Waals surface area contributed by atoms with Crippen LogP contribution < -0.4 is 0 Å². The second-order valence-corrected chi connectivity index (χ2v) is 9.78. The maximum atomic E-state index is 12.7. The van der Waals surface area contributed by atoms with Crippen LogP contribution in [0.3, 0.4) is 0 Å². The minimum Gasteiger partial charge on any atom is -0.438 e. The van der Waals surface area contributed by atoms with E-state index in [2.05, 4.69) is 0 Å². The van der Waals surface area contributed by atoms with Crippen molar-refractivity contribution in [1.82, 2.24) is 5.06 Å². The molecular weight excluding hydrogens is 393 g/mol. The third-order valence-electron chi connectivity index (χ3n) is 3.00. The summed E-state index contributed by atoms with van der Waals surface area (Å²) in [6.45, 7) is 9.33. The van der Waals surface area contributed by atoms with E-state index in [4.69, 9.17) is 18.5 Å². The Morgan fingerprint density at radius 1 is 0.929 bits per heavy atom. The van der Waals surface area contributed by atoms with E-state index in [-0.39, 0.29) is 6.54 Å². The van der Waals surface area contributed by atoms with Crippen LogP contribution in [0.4, 0.5) is 0 Å². The Morgan fingerprint density at radius 2 is 1.32 bits per heavy atom. The lowest BCUT2D eigenvalue weighted by Crippen LogP contribution is -2.25. The predicted molar refractivity (Wildman–Crippen MR) is 98.9 cm³/mol. The van der Waals surface area contributed by atoms with Crippen LogP contribution in [0.1, 0.15) is 48.5 Å². The molecule has 0 aliphatic heterocycles. The first-order valence-corrected chi connectivity index (χ1v) is 10.1. The van der Waals surface area contributed by atoms with Gasteiger partial charge in [-0.05, 0) is 41.5 Å². The van der Waals surface area contributed by atoms with Crippen molar-refractivity contribution in [1.29, 1.82) is 0 Å². The molecule has 0 atom stereocenters. The fourth-order valence-corrected chi connectivity index (χ4v) is 2.27. The molecule has 0 saturated heterocycles. The average molecular weight is 423 g/mol. The number of hydroxylamine groups is 2. The van der Waals surface area contributed by atoms with E-state index in [1.54, 1.807) is 41.5 Å². The molecule has 1 N–H and O–H groups in total. The summed E-state index contributed by atoms with van der Waals surface area (Å²) in [6, 6.07) is 0. The highest BCUT2D eigenvalue weighted by atomic mass is 31.2. The number of hydrogen-bond donors (Lipinski definition) is 1. The van der Waals surface area contributed by atoms with E-state index in [9.17, 15) is 24.2 Å². The smallest absolute Gasteiger partial charge is 0.359 e. The number of ether oxygens (including phenoxy) is 2. The third kappa shape index (κ3) is 10.6. The molecular formula is C17H30NO9P. The topological polar surface area (TPSA) is 129 Å². The van der Waals surface area contributed by atoms with Crippen molar-refractivity contribution in [2.45, 2.75) is 48.5 Å². The molecule has 0 radical (unpaired) electrons. The molecule has 10 nitrogen and oxygen atoms in total. The van der Waals surface area contributed by atoms with Crippen LogP contribution in [-0.4, -0.2) is 48.2 Å². The third-order valence-corrected chi connectivity index (χ3v) is 4.51. The van der Waals surface area contributed by atoms with E-state index in [0.717, 1.165) is 12.7 Å². The molecule has 0 heterocycles. The van der Waals surface area contributed by atoms with Crippen LogP contribution in [0, 0.1) is 10.8 Å².